The van der Waals surface area contributed by atoms with Gasteiger partial charge in [0.2, 0.25) is 5.91 Å². The van der Waals surface area contributed by atoms with Gasteiger partial charge < -0.3 is 36.8 Å². The molecule has 578 valence electrons. The Morgan fingerprint density at radius 3 is 0.750 bits per heavy atom. The summed E-state index contributed by atoms with van der Waals surface area (Å²) in [6, 6.07) is -1.75. The van der Waals surface area contributed by atoms with Crippen molar-refractivity contribution in [2.24, 2.45) is 5.73 Å². The summed E-state index contributed by atoms with van der Waals surface area (Å²) in [5, 5.41) is 41.7. The van der Waals surface area contributed by atoms with Crippen LogP contribution < -0.4 is 16.4 Å². The SMILES string of the molecule is C.C.C.C.C.C.C.C.C.C.C.C.C.C.C.C.C.C.C.C.C.C.C.C.C.C.C.C.C.C.C.C.C.C.CC.CC.CC.CC.CC.CC.CC.CN.CNC(CSSCCNC(=O)C(CN(CC(=O)O)CC(=O)O)N(CC(=O)O)CC(=O)O)C(C)=O. The van der Waals surface area contributed by atoms with Crippen LogP contribution >= 0.6 is 21.6 Å². The second-order valence-electron chi connectivity index (χ2n) is 7.01. The monoisotopic (exact) mass is 1310 g/mol. The van der Waals surface area contributed by atoms with Crippen LogP contribution in [0.1, 0.15) is 356 Å². The summed E-state index contributed by atoms with van der Waals surface area (Å²) in [5.74, 6) is -5.47. The molecule has 84 heavy (non-hydrogen) atoms. The molecule has 0 saturated heterocycles. The molecule has 0 aromatic rings. The van der Waals surface area contributed by atoms with Gasteiger partial charge in [0.05, 0.1) is 32.2 Å². The van der Waals surface area contributed by atoms with E-state index in [1.54, 1.807) is 7.05 Å². The minimum atomic E-state index is -1.44. The zero-order valence-electron chi connectivity index (χ0n) is 34.3. The van der Waals surface area contributed by atoms with Gasteiger partial charge >= 0.3 is 23.9 Å². The summed E-state index contributed by atoms with van der Waals surface area (Å²) in [5.41, 5.74) is 4.50. The molecule has 0 rings (SSSR count). The number of amides is 1. The molecule has 2 unspecified atom stereocenters. The van der Waals surface area contributed by atoms with Crippen LogP contribution in [0.25, 0.3) is 0 Å². The van der Waals surface area contributed by atoms with Crippen molar-refractivity contribution in [2.45, 2.75) is 368 Å². The second kappa shape index (κ2) is 326. The van der Waals surface area contributed by atoms with Crippen molar-refractivity contribution in [3.63, 3.8) is 0 Å². The summed E-state index contributed by atoms with van der Waals surface area (Å²) >= 11 is 0. The van der Waals surface area contributed by atoms with Crippen molar-refractivity contribution >= 4 is 57.2 Å². The number of likely N-dealkylation sites (N-methyl/N-ethyl adjacent to an activating group) is 1. The van der Waals surface area contributed by atoms with Crippen LogP contribution in [0.4, 0.5) is 0 Å². The number of hydrogen-bond donors (Lipinski definition) is 7. The van der Waals surface area contributed by atoms with Crippen molar-refractivity contribution in [2.75, 3.05) is 64.9 Å². The maximum atomic E-state index is 12.8. The zero-order valence-corrected chi connectivity index (χ0v) is 36.0. The molecule has 1 amide bonds. The largest absolute Gasteiger partial charge is 0.480 e. The molecule has 0 aliphatic rings. The quantitative estimate of drug-likeness (QED) is 0.0443. The molecule has 0 heterocycles. The number of carbonyl (C=O) groups is 6. The third kappa shape index (κ3) is 298. The van der Waals surface area contributed by atoms with E-state index < -0.39 is 68.6 Å². The minimum Gasteiger partial charge on any atom is -0.480 e. The summed E-state index contributed by atoms with van der Waals surface area (Å²) < 4.78 is 0. The Bertz CT molecular complexity index is 737. The molecule has 0 fully saturated rings. The predicted octanol–water partition coefficient (Wildman–Crippen LogP) is 26.4. The lowest BCUT2D eigenvalue weighted by atomic mass is 10.2. The number of nitrogens with two attached hydrogens (primary N) is 1. The lowest BCUT2D eigenvalue weighted by Crippen LogP contribution is -2.56. The molecule has 0 bridgehead atoms. The first-order chi connectivity index (χ1) is 23.9. The number of nitrogens with zero attached hydrogens (tertiary/aromatic N) is 2. The summed E-state index contributed by atoms with van der Waals surface area (Å²) in [6.45, 7) is 25.9. The molecule has 0 radical (unpaired) electrons. The second-order valence-corrected chi connectivity index (χ2v) is 9.64. The van der Waals surface area contributed by atoms with E-state index in [0.29, 0.717) is 11.5 Å². The molecular weight excluding hydrogens is 1100 g/mol. The fourth-order valence-corrected chi connectivity index (χ4v) is 4.95. The lowest BCUT2D eigenvalue weighted by molar-refractivity contribution is -0.148. The summed E-state index contributed by atoms with van der Waals surface area (Å²) in [4.78, 5) is 70.5. The van der Waals surface area contributed by atoms with Gasteiger partial charge in [-0.15, -0.1) is 0 Å². The third-order valence-corrected chi connectivity index (χ3v) is 6.63. The van der Waals surface area contributed by atoms with E-state index in [1.165, 1.54) is 35.6 Å². The highest BCUT2D eigenvalue weighted by atomic mass is 33.1. The molecule has 0 aromatic heterocycles. The van der Waals surface area contributed by atoms with Gasteiger partial charge in [-0.3, -0.25) is 38.6 Å². The lowest BCUT2D eigenvalue weighted by Gasteiger charge is -2.31. The number of aliphatic carboxylic acids is 4. The van der Waals surface area contributed by atoms with Crippen molar-refractivity contribution in [1.29, 1.82) is 0 Å². The van der Waals surface area contributed by atoms with Gasteiger partial charge in [0.25, 0.3) is 0 Å². The van der Waals surface area contributed by atoms with Crippen LogP contribution in [0.5, 0.6) is 0 Å². The van der Waals surface area contributed by atoms with E-state index in [2.05, 4.69) is 16.4 Å². The molecular formula is C67H213N5O10S2. The fraction of sp³-hybridized carbons (Fsp3) is 0.910. The first-order valence-electron chi connectivity index (χ1n) is 17.5. The first-order valence-corrected chi connectivity index (χ1v) is 20.0. The molecule has 0 spiro atoms. The zero-order chi connectivity index (χ0) is 42.3. The van der Waals surface area contributed by atoms with E-state index in [-0.39, 0.29) is 271 Å². The van der Waals surface area contributed by atoms with Gasteiger partial charge in [0.15, 0.2) is 0 Å². The Morgan fingerprint density at radius 2 is 0.583 bits per heavy atom. The molecule has 8 N–H and O–H groups in total. The molecule has 0 aliphatic carbocycles. The fourth-order valence-electron chi connectivity index (χ4n) is 2.71. The molecule has 0 aromatic carbocycles. The van der Waals surface area contributed by atoms with Gasteiger partial charge in [-0.2, -0.15) is 0 Å². The van der Waals surface area contributed by atoms with Crippen LogP contribution in [0.3, 0.4) is 0 Å². The highest BCUT2D eigenvalue weighted by molar-refractivity contribution is 8.76. The van der Waals surface area contributed by atoms with Crippen LogP contribution in [-0.2, 0) is 28.8 Å². The van der Waals surface area contributed by atoms with Crippen molar-refractivity contribution in [1.82, 2.24) is 20.4 Å². The van der Waals surface area contributed by atoms with E-state index in [9.17, 15) is 28.8 Å². The standard InChI is InChI=1S/C18H30N4O10S2.7C2H6.CH5N.34CH4/c1-11(23)12(19-2)10-34-33-4-3-20-18(32)13(22(8-16(28)29)9-17(30)31)5-21(6-14(24)25)7-15(26)27;8*1-2;;;;;;;;;;;;;;;;;;;;;;;;;;;;;;;;;;/h12-13,19H,3-10H2,1-2H3,(H,20,32)(H,24,25)(H,26,27)(H,28,29)(H,30,31);7*1-2H3;2H2,1H3;34*1H4. The number of carboxylic acids is 4. The average Bonchev–Trinajstić information content (AvgIpc) is 3.12. The Hall–Kier alpha value is -2.44. The Morgan fingerprint density at radius 1 is 0.381 bits per heavy atom. The maximum absolute atomic E-state index is 12.8. The first kappa shape index (κ1) is 356. The van der Waals surface area contributed by atoms with E-state index in [4.69, 9.17) is 20.4 Å². The topological polar surface area (TPSA) is 240 Å². The Balaban J connectivity index is -0.00000000758. The minimum absolute atomic E-state index is 0. The smallest absolute Gasteiger partial charge is 0.317 e. The highest BCUT2D eigenvalue weighted by Crippen LogP contribution is 2.21. The molecule has 17 heteroatoms. The molecule has 15 nitrogen and oxygen atoms in total. The van der Waals surface area contributed by atoms with Crippen LogP contribution in [-0.4, -0.2) is 143 Å². The Kier molecular flexibility index (Phi) is 1380. The van der Waals surface area contributed by atoms with E-state index >= 15 is 0 Å². The predicted molar refractivity (Wildman–Crippen MR) is 442 cm³/mol. The number of ketones is 1. The normalized spacial score (nSPS) is 5.76. The number of Topliss-reactive ketones (excluding diaryl/α,β-unsaturated/α-hetero) is 1. The van der Waals surface area contributed by atoms with Crippen molar-refractivity contribution in [3.8, 4) is 0 Å². The summed E-state index contributed by atoms with van der Waals surface area (Å²) in [7, 11) is 5.93. The third-order valence-electron chi connectivity index (χ3n) is 4.21. The number of carbonyl (C=O) groups excluding carboxylic acids is 2. The Labute approximate surface area is 563 Å². The number of carboxylic acid groups (broad SMARTS) is 4. The van der Waals surface area contributed by atoms with Gasteiger partial charge in [-0.25, -0.2) is 0 Å². The maximum Gasteiger partial charge on any atom is 0.317 e. The van der Waals surface area contributed by atoms with E-state index in [1.807, 2.05) is 96.9 Å². The molecule has 0 saturated carbocycles. The van der Waals surface area contributed by atoms with Crippen LogP contribution in [0.2, 0.25) is 0 Å². The number of rotatable bonds is 20. The average molecular weight is 1310 g/mol. The number of nitrogens with one attached hydrogen (secondary N) is 2. The van der Waals surface area contributed by atoms with Gasteiger partial charge in [-0.1, -0.05) is 371 Å². The van der Waals surface area contributed by atoms with Crippen molar-refractivity contribution in [3.05, 3.63) is 0 Å². The van der Waals surface area contributed by atoms with Crippen LogP contribution in [0, 0.1) is 0 Å². The summed E-state index contributed by atoms with van der Waals surface area (Å²) in [6.07, 6.45) is 0. The molecule has 0 aliphatic heterocycles. The van der Waals surface area contributed by atoms with Crippen molar-refractivity contribution < 1.29 is 49.2 Å². The number of hydrogen-bond acceptors (Lipinski definition) is 12. The van der Waals surface area contributed by atoms with Gasteiger partial charge in [0, 0.05) is 24.6 Å². The van der Waals surface area contributed by atoms with Gasteiger partial charge in [-0.05, 0) is 21.0 Å². The molecule has 2 atom stereocenters. The van der Waals surface area contributed by atoms with Gasteiger partial charge in [0.1, 0.15) is 11.8 Å². The van der Waals surface area contributed by atoms with Crippen LogP contribution in [0.15, 0.2) is 0 Å². The van der Waals surface area contributed by atoms with E-state index in [0.717, 1.165) is 9.80 Å². The highest BCUT2D eigenvalue weighted by Gasteiger charge is 2.32.